The van der Waals surface area contributed by atoms with Crippen LogP contribution in [0.25, 0.3) is 10.9 Å². The molecule has 3 rings (SSSR count). The van der Waals surface area contributed by atoms with Crippen LogP contribution in [0.5, 0.6) is 11.6 Å². The Balaban J connectivity index is 2.03. The SMILES string of the molecule is Cc1cc2ccccc2nc1Oc1cccc(N)c1. The maximum Gasteiger partial charge on any atom is 0.222 e. The monoisotopic (exact) mass is 250 g/mol. The number of hydrogen-bond donors (Lipinski definition) is 1. The molecule has 0 radical (unpaired) electrons. The van der Waals surface area contributed by atoms with Gasteiger partial charge in [-0.25, -0.2) is 4.98 Å². The molecular weight excluding hydrogens is 236 g/mol. The molecule has 1 aromatic heterocycles. The van der Waals surface area contributed by atoms with Crippen molar-refractivity contribution in [2.24, 2.45) is 0 Å². The summed E-state index contributed by atoms with van der Waals surface area (Å²) in [7, 11) is 0. The molecule has 0 saturated carbocycles. The molecule has 3 aromatic rings. The molecule has 0 fully saturated rings. The first-order chi connectivity index (χ1) is 9.22. The lowest BCUT2D eigenvalue weighted by atomic mass is 10.2. The number of nitrogen functional groups attached to an aromatic ring is 1. The van der Waals surface area contributed by atoms with Crippen LogP contribution < -0.4 is 10.5 Å². The summed E-state index contributed by atoms with van der Waals surface area (Å²) in [5, 5.41) is 1.11. The number of nitrogens with zero attached hydrogens (tertiary/aromatic N) is 1. The van der Waals surface area contributed by atoms with Gasteiger partial charge in [-0.15, -0.1) is 0 Å². The molecule has 0 aliphatic rings. The molecule has 2 aromatic carbocycles. The first-order valence-corrected chi connectivity index (χ1v) is 6.12. The van der Waals surface area contributed by atoms with Crippen LogP contribution in [0.3, 0.4) is 0 Å². The number of fused-ring (bicyclic) bond motifs is 1. The van der Waals surface area contributed by atoms with Crippen LogP contribution >= 0.6 is 0 Å². The van der Waals surface area contributed by atoms with Crippen LogP contribution in [0, 0.1) is 6.92 Å². The van der Waals surface area contributed by atoms with Gasteiger partial charge >= 0.3 is 0 Å². The molecular formula is C16H14N2O. The Morgan fingerprint density at radius 3 is 2.68 bits per heavy atom. The second-order valence-electron chi connectivity index (χ2n) is 4.48. The fraction of sp³-hybridized carbons (Fsp3) is 0.0625. The standard InChI is InChI=1S/C16H14N2O/c1-11-9-12-5-2-3-8-15(12)18-16(11)19-14-7-4-6-13(17)10-14/h2-10H,17H2,1H3. The predicted molar refractivity (Wildman–Crippen MR) is 77.4 cm³/mol. The fourth-order valence-corrected chi connectivity index (χ4v) is 2.00. The number of anilines is 1. The van der Waals surface area contributed by atoms with Crippen molar-refractivity contribution in [2.45, 2.75) is 6.92 Å². The Labute approximate surface area is 111 Å². The van der Waals surface area contributed by atoms with Crippen LogP contribution in [-0.4, -0.2) is 4.98 Å². The number of rotatable bonds is 2. The summed E-state index contributed by atoms with van der Waals surface area (Å²) < 4.78 is 5.81. The molecule has 0 aliphatic carbocycles. The third-order valence-electron chi connectivity index (χ3n) is 2.94. The van der Waals surface area contributed by atoms with E-state index in [0.717, 1.165) is 16.5 Å². The van der Waals surface area contributed by atoms with Gasteiger partial charge in [0.25, 0.3) is 0 Å². The third-order valence-corrected chi connectivity index (χ3v) is 2.94. The van der Waals surface area contributed by atoms with Crippen molar-refractivity contribution in [3.8, 4) is 11.6 Å². The molecule has 0 unspecified atom stereocenters. The molecule has 0 saturated heterocycles. The summed E-state index contributed by atoms with van der Waals surface area (Å²) in [6.07, 6.45) is 0. The van der Waals surface area contributed by atoms with Gasteiger partial charge in [0.2, 0.25) is 5.88 Å². The van der Waals surface area contributed by atoms with E-state index in [1.807, 2.05) is 49.4 Å². The number of hydrogen-bond acceptors (Lipinski definition) is 3. The zero-order valence-electron chi connectivity index (χ0n) is 10.6. The summed E-state index contributed by atoms with van der Waals surface area (Å²) in [4.78, 5) is 4.54. The minimum Gasteiger partial charge on any atom is -0.439 e. The normalized spacial score (nSPS) is 10.6. The van der Waals surface area contributed by atoms with Gasteiger partial charge in [-0.05, 0) is 31.2 Å². The number of aryl methyl sites for hydroxylation is 1. The Morgan fingerprint density at radius 1 is 1.00 bits per heavy atom. The molecule has 19 heavy (non-hydrogen) atoms. The maximum absolute atomic E-state index is 5.81. The Kier molecular flexibility index (Phi) is 2.80. The minimum absolute atomic E-state index is 0.615. The molecule has 2 N–H and O–H groups in total. The summed E-state index contributed by atoms with van der Waals surface area (Å²) in [5.41, 5.74) is 8.34. The lowest BCUT2D eigenvalue weighted by Gasteiger charge is -2.09. The highest BCUT2D eigenvalue weighted by atomic mass is 16.5. The largest absolute Gasteiger partial charge is 0.439 e. The molecule has 3 heteroatoms. The first-order valence-electron chi connectivity index (χ1n) is 6.12. The van der Waals surface area contributed by atoms with E-state index >= 15 is 0 Å². The lowest BCUT2D eigenvalue weighted by molar-refractivity contribution is 0.461. The Bertz CT molecular complexity index is 738. The van der Waals surface area contributed by atoms with Crippen molar-refractivity contribution >= 4 is 16.6 Å². The summed E-state index contributed by atoms with van der Waals surface area (Å²) >= 11 is 0. The van der Waals surface area contributed by atoms with Gasteiger partial charge < -0.3 is 10.5 Å². The van der Waals surface area contributed by atoms with Crippen LogP contribution in [0.2, 0.25) is 0 Å². The van der Waals surface area contributed by atoms with E-state index in [4.69, 9.17) is 10.5 Å². The molecule has 94 valence electrons. The number of ether oxygens (including phenoxy) is 1. The van der Waals surface area contributed by atoms with Crippen LogP contribution in [0.1, 0.15) is 5.56 Å². The van der Waals surface area contributed by atoms with Crippen molar-refractivity contribution in [3.05, 3.63) is 60.2 Å². The molecule has 0 aliphatic heterocycles. The zero-order valence-corrected chi connectivity index (χ0v) is 10.6. The van der Waals surface area contributed by atoms with Gasteiger partial charge in [0.1, 0.15) is 5.75 Å². The molecule has 0 atom stereocenters. The van der Waals surface area contributed by atoms with Crippen molar-refractivity contribution < 1.29 is 4.74 Å². The van der Waals surface area contributed by atoms with Crippen molar-refractivity contribution in [1.29, 1.82) is 0 Å². The Morgan fingerprint density at radius 2 is 1.84 bits per heavy atom. The number of pyridine rings is 1. The van der Waals surface area contributed by atoms with Crippen molar-refractivity contribution in [2.75, 3.05) is 5.73 Å². The summed E-state index contributed by atoms with van der Waals surface area (Å²) in [6, 6.07) is 17.4. The van der Waals surface area contributed by atoms with E-state index in [-0.39, 0.29) is 0 Å². The lowest BCUT2D eigenvalue weighted by Crippen LogP contribution is -1.93. The van der Waals surface area contributed by atoms with Gasteiger partial charge in [-0.3, -0.25) is 0 Å². The average Bonchev–Trinajstić information content (AvgIpc) is 2.40. The van der Waals surface area contributed by atoms with Gasteiger partial charge in [-0.2, -0.15) is 0 Å². The van der Waals surface area contributed by atoms with Crippen molar-refractivity contribution in [3.63, 3.8) is 0 Å². The molecule has 0 amide bonds. The smallest absolute Gasteiger partial charge is 0.222 e. The van der Waals surface area contributed by atoms with Gasteiger partial charge in [0.05, 0.1) is 5.52 Å². The van der Waals surface area contributed by atoms with E-state index in [0.29, 0.717) is 17.3 Å². The summed E-state index contributed by atoms with van der Waals surface area (Å²) in [5.74, 6) is 1.31. The van der Waals surface area contributed by atoms with E-state index < -0.39 is 0 Å². The van der Waals surface area contributed by atoms with Gasteiger partial charge in [0.15, 0.2) is 0 Å². The van der Waals surface area contributed by atoms with Crippen LogP contribution in [0.15, 0.2) is 54.6 Å². The topological polar surface area (TPSA) is 48.1 Å². The molecule has 0 bridgehead atoms. The first kappa shape index (κ1) is 11.5. The number of aromatic nitrogens is 1. The highest BCUT2D eigenvalue weighted by Crippen LogP contribution is 2.27. The number of benzene rings is 2. The molecule has 0 spiro atoms. The second-order valence-corrected chi connectivity index (χ2v) is 4.48. The highest BCUT2D eigenvalue weighted by Gasteiger charge is 2.05. The number of para-hydroxylation sites is 1. The third kappa shape index (κ3) is 2.36. The highest BCUT2D eigenvalue weighted by molar-refractivity contribution is 5.80. The maximum atomic E-state index is 5.81. The number of nitrogens with two attached hydrogens (primary N) is 1. The van der Waals surface area contributed by atoms with E-state index in [2.05, 4.69) is 11.1 Å². The van der Waals surface area contributed by atoms with Crippen LogP contribution in [0.4, 0.5) is 5.69 Å². The van der Waals surface area contributed by atoms with Gasteiger partial charge in [-0.1, -0.05) is 24.3 Å². The van der Waals surface area contributed by atoms with E-state index in [1.54, 1.807) is 6.07 Å². The Hall–Kier alpha value is -2.55. The fourth-order valence-electron chi connectivity index (χ4n) is 2.00. The van der Waals surface area contributed by atoms with Crippen LogP contribution in [-0.2, 0) is 0 Å². The van der Waals surface area contributed by atoms with Gasteiger partial charge in [0, 0.05) is 22.7 Å². The quantitative estimate of drug-likeness (QED) is 0.701. The second kappa shape index (κ2) is 4.61. The van der Waals surface area contributed by atoms with E-state index in [9.17, 15) is 0 Å². The van der Waals surface area contributed by atoms with E-state index in [1.165, 1.54) is 0 Å². The average molecular weight is 250 g/mol. The zero-order chi connectivity index (χ0) is 13.2. The molecule has 1 heterocycles. The minimum atomic E-state index is 0.615. The predicted octanol–water partition coefficient (Wildman–Crippen LogP) is 3.92. The molecule has 3 nitrogen and oxygen atoms in total. The summed E-state index contributed by atoms with van der Waals surface area (Å²) in [6.45, 7) is 1.99. The van der Waals surface area contributed by atoms with Crippen molar-refractivity contribution in [1.82, 2.24) is 4.98 Å².